The van der Waals surface area contributed by atoms with Gasteiger partial charge >= 0.3 is 0 Å². The molecule has 92 valence electrons. The maximum Gasteiger partial charge on any atom is 0.157 e. The molecule has 1 atom stereocenters. The topological polar surface area (TPSA) is 24.4 Å². The molecule has 16 heavy (non-hydrogen) atoms. The molecule has 0 aromatic heterocycles. The van der Waals surface area contributed by atoms with Crippen LogP contribution in [-0.4, -0.2) is 22.5 Å². The van der Waals surface area contributed by atoms with Crippen molar-refractivity contribution < 1.29 is 0 Å². The standard InChI is InChI=1S/C13H24N2S/c1-12(2)6-5-10(9-12)14-11-15-13(3,4)7-8-16-11/h10H,5-9H2,1-4H3,(H,14,15). The van der Waals surface area contributed by atoms with Crippen LogP contribution in [0.25, 0.3) is 0 Å². The van der Waals surface area contributed by atoms with E-state index in [9.17, 15) is 0 Å². The maximum atomic E-state index is 4.89. The van der Waals surface area contributed by atoms with E-state index in [2.05, 4.69) is 33.0 Å². The summed E-state index contributed by atoms with van der Waals surface area (Å²) in [6.07, 6.45) is 5.06. The first-order chi connectivity index (χ1) is 7.36. The highest BCUT2D eigenvalue weighted by molar-refractivity contribution is 8.13. The van der Waals surface area contributed by atoms with Crippen molar-refractivity contribution in [1.82, 2.24) is 5.32 Å². The highest BCUT2D eigenvalue weighted by Crippen LogP contribution is 2.39. The van der Waals surface area contributed by atoms with E-state index < -0.39 is 0 Å². The Balaban J connectivity index is 1.97. The normalized spacial score (nSPS) is 35.0. The van der Waals surface area contributed by atoms with Crippen LogP contribution >= 0.6 is 11.8 Å². The van der Waals surface area contributed by atoms with Gasteiger partial charge in [-0.1, -0.05) is 25.6 Å². The zero-order valence-corrected chi connectivity index (χ0v) is 11.8. The lowest BCUT2D eigenvalue weighted by Crippen LogP contribution is -2.46. The van der Waals surface area contributed by atoms with Gasteiger partial charge in [-0.25, -0.2) is 0 Å². The van der Waals surface area contributed by atoms with E-state index in [4.69, 9.17) is 4.99 Å². The summed E-state index contributed by atoms with van der Waals surface area (Å²) in [4.78, 5) is 4.89. The molecule has 2 nitrogen and oxygen atoms in total. The second kappa shape index (κ2) is 4.25. The predicted octanol–water partition coefficient (Wildman–Crippen LogP) is 3.43. The molecule has 0 aromatic carbocycles. The molecular formula is C13H24N2S. The van der Waals surface area contributed by atoms with Crippen molar-refractivity contribution in [3.63, 3.8) is 0 Å². The third-order valence-corrected chi connectivity index (χ3v) is 4.54. The second-order valence-electron chi connectivity index (χ2n) is 6.60. The summed E-state index contributed by atoms with van der Waals surface area (Å²) in [6, 6.07) is 0.555. The number of nitrogens with zero attached hydrogens (tertiary/aromatic N) is 1. The summed E-state index contributed by atoms with van der Waals surface area (Å²) in [7, 11) is 0. The molecule has 1 aliphatic carbocycles. The van der Waals surface area contributed by atoms with E-state index in [0.717, 1.165) is 0 Å². The van der Waals surface area contributed by atoms with Crippen molar-refractivity contribution in [1.29, 1.82) is 0 Å². The van der Waals surface area contributed by atoms with E-state index in [1.54, 1.807) is 0 Å². The second-order valence-corrected chi connectivity index (χ2v) is 7.69. The average Bonchev–Trinajstić information content (AvgIpc) is 2.43. The highest BCUT2D eigenvalue weighted by Gasteiger charge is 2.32. The first-order valence-corrected chi connectivity index (χ1v) is 7.34. The monoisotopic (exact) mass is 240 g/mol. The van der Waals surface area contributed by atoms with Gasteiger partial charge in [0.25, 0.3) is 0 Å². The fourth-order valence-electron chi connectivity index (χ4n) is 2.54. The van der Waals surface area contributed by atoms with Gasteiger partial charge in [-0.15, -0.1) is 0 Å². The Morgan fingerprint density at radius 1 is 1.25 bits per heavy atom. The molecule has 1 saturated heterocycles. The third kappa shape index (κ3) is 3.16. The van der Waals surface area contributed by atoms with Crippen molar-refractivity contribution in [2.75, 3.05) is 5.75 Å². The third-order valence-electron chi connectivity index (χ3n) is 3.65. The minimum atomic E-state index is 0.234. The van der Waals surface area contributed by atoms with E-state index in [1.807, 2.05) is 11.8 Å². The molecule has 0 amide bonds. The number of thioether (sulfide) groups is 1. The van der Waals surface area contributed by atoms with E-state index >= 15 is 0 Å². The van der Waals surface area contributed by atoms with Crippen molar-refractivity contribution in [3.8, 4) is 0 Å². The number of hydrogen-bond acceptors (Lipinski definition) is 2. The molecule has 1 heterocycles. The van der Waals surface area contributed by atoms with Crippen LogP contribution in [-0.2, 0) is 0 Å². The molecule has 3 heteroatoms. The van der Waals surface area contributed by atoms with Gasteiger partial charge in [0.2, 0.25) is 0 Å². The largest absolute Gasteiger partial charge is 0.360 e. The fraction of sp³-hybridized carbons (Fsp3) is 0.923. The van der Waals surface area contributed by atoms with Gasteiger partial charge < -0.3 is 5.32 Å². The molecule has 0 aromatic rings. The van der Waals surface area contributed by atoms with E-state index in [-0.39, 0.29) is 5.54 Å². The van der Waals surface area contributed by atoms with Crippen LogP contribution in [0, 0.1) is 5.41 Å². The summed E-state index contributed by atoms with van der Waals surface area (Å²) in [5.41, 5.74) is 0.738. The van der Waals surface area contributed by atoms with Crippen LogP contribution in [0.2, 0.25) is 0 Å². The van der Waals surface area contributed by atoms with Gasteiger partial charge in [0.1, 0.15) is 0 Å². The lowest BCUT2D eigenvalue weighted by molar-refractivity contribution is 0.376. The molecule has 1 saturated carbocycles. The van der Waals surface area contributed by atoms with Crippen molar-refractivity contribution in [2.45, 2.75) is 65.0 Å². The summed E-state index contributed by atoms with van der Waals surface area (Å²) < 4.78 is 0. The molecule has 0 spiro atoms. The van der Waals surface area contributed by atoms with Gasteiger partial charge in [0, 0.05) is 11.3 Å². The molecule has 2 fully saturated rings. The number of amidine groups is 1. The zero-order valence-electron chi connectivity index (χ0n) is 11.0. The van der Waals surface area contributed by atoms with Gasteiger partial charge in [0.15, 0.2) is 5.17 Å². The minimum Gasteiger partial charge on any atom is -0.360 e. The van der Waals surface area contributed by atoms with Gasteiger partial charge in [-0.2, -0.15) is 0 Å². The lowest BCUT2D eigenvalue weighted by Gasteiger charge is -2.32. The number of nitrogens with one attached hydrogen (secondary N) is 1. The SMILES string of the molecule is CC1(C)CCC(N=C2NC(C)(C)CCS2)C1. The van der Waals surface area contributed by atoms with Gasteiger partial charge in [-0.05, 0) is 44.9 Å². The lowest BCUT2D eigenvalue weighted by atomic mass is 9.92. The molecule has 1 unspecified atom stereocenters. The Morgan fingerprint density at radius 3 is 2.56 bits per heavy atom. The molecule has 1 N–H and O–H groups in total. The van der Waals surface area contributed by atoms with Crippen LogP contribution in [0.4, 0.5) is 0 Å². The fourth-order valence-corrected chi connectivity index (χ4v) is 3.91. The number of rotatable bonds is 1. The van der Waals surface area contributed by atoms with Crippen molar-refractivity contribution >= 4 is 16.9 Å². The van der Waals surface area contributed by atoms with Gasteiger partial charge in [0.05, 0.1) is 6.04 Å². The van der Waals surface area contributed by atoms with Crippen LogP contribution in [0.3, 0.4) is 0 Å². The molecular weight excluding hydrogens is 216 g/mol. The Kier molecular flexibility index (Phi) is 3.26. The molecule has 0 radical (unpaired) electrons. The molecule has 1 aliphatic heterocycles. The molecule has 2 rings (SSSR count). The van der Waals surface area contributed by atoms with Crippen LogP contribution < -0.4 is 5.32 Å². The first-order valence-electron chi connectivity index (χ1n) is 6.35. The quantitative estimate of drug-likeness (QED) is 0.759. The Bertz CT molecular complexity index is 294. The number of hydrogen-bond donors (Lipinski definition) is 1. The zero-order chi connectivity index (χ0) is 11.8. The van der Waals surface area contributed by atoms with E-state index in [0.29, 0.717) is 11.5 Å². The first kappa shape index (κ1) is 12.3. The highest BCUT2D eigenvalue weighted by atomic mass is 32.2. The maximum absolute atomic E-state index is 4.89. The van der Waals surface area contributed by atoms with Crippen LogP contribution in [0.5, 0.6) is 0 Å². The van der Waals surface area contributed by atoms with Crippen LogP contribution in [0.15, 0.2) is 4.99 Å². The molecule has 0 bridgehead atoms. The Labute approximate surface area is 104 Å². The van der Waals surface area contributed by atoms with Crippen molar-refractivity contribution in [3.05, 3.63) is 0 Å². The average molecular weight is 240 g/mol. The Morgan fingerprint density at radius 2 is 2.00 bits per heavy atom. The van der Waals surface area contributed by atoms with Crippen LogP contribution in [0.1, 0.15) is 53.4 Å². The summed E-state index contributed by atoms with van der Waals surface area (Å²) >= 11 is 1.89. The van der Waals surface area contributed by atoms with E-state index in [1.165, 1.54) is 36.6 Å². The summed E-state index contributed by atoms with van der Waals surface area (Å²) in [6.45, 7) is 9.25. The smallest absolute Gasteiger partial charge is 0.157 e. The Hall–Kier alpha value is -0.180. The number of aliphatic imine (C=N–C) groups is 1. The predicted molar refractivity (Wildman–Crippen MR) is 73.1 cm³/mol. The summed E-state index contributed by atoms with van der Waals surface area (Å²) in [5.74, 6) is 1.20. The molecule has 2 aliphatic rings. The summed E-state index contributed by atoms with van der Waals surface area (Å²) in [5, 5.41) is 4.74. The minimum absolute atomic E-state index is 0.234. The van der Waals surface area contributed by atoms with Crippen molar-refractivity contribution in [2.24, 2.45) is 10.4 Å². The van der Waals surface area contributed by atoms with Gasteiger partial charge in [-0.3, -0.25) is 4.99 Å².